The highest BCUT2D eigenvalue weighted by molar-refractivity contribution is 5.38. The van der Waals surface area contributed by atoms with E-state index in [-0.39, 0.29) is 12.1 Å². The maximum absolute atomic E-state index is 10.2. The van der Waals surface area contributed by atoms with Gasteiger partial charge in [0.2, 0.25) is 0 Å². The number of benzene rings is 1. The standard InChI is InChI=1S/C15H25NO3/c1-10-5-6-15(19-4)13(7-10)14(18)9-16-11(2)8-12(3)17/h5-7,11-12,14,16-18H,8-9H2,1-4H3. The number of ether oxygens (including phenoxy) is 1. The van der Waals surface area contributed by atoms with Crippen molar-refractivity contribution in [2.75, 3.05) is 13.7 Å². The van der Waals surface area contributed by atoms with Gasteiger partial charge in [-0.1, -0.05) is 11.6 Å². The molecule has 0 aliphatic heterocycles. The average molecular weight is 267 g/mol. The first-order valence-corrected chi connectivity index (χ1v) is 6.68. The summed E-state index contributed by atoms with van der Waals surface area (Å²) in [7, 11) is 1.60. The van der Waals surface area contributed by atoms with Gasteiger partial charge in [-0.3, -0.25) is 0 Å². The lowest BCUT2D eigenvalue weighted by Crippen LogP contribution is -2.32. The SMILES string of the molecule is COc1ccc(C)cc1C(O)CNC(C)CC(C)O. The van der Waals surface area contributed by atoms with E-state index in [1.54, 1.807) is 14.0 Å². The van der Waals surface area contributed by atoms with Gasteiger partial charge in [-0.2, -0.15) is 0 Å². The van der Waals surface area contributed by atoms with Gasteiger partial charge in [0.1, 0.15) is 5.75 Å². The molecule has 0 aliphatic carbocycles. The molecule has 3 unspecified atom stereocenters. The number of hydrogen-bond donors (Lipinski definition) is 3. The highest BCUT2D eigenvalue weighted by atomic mass is 16.5. The summed E-state index contributed by atoms with van der Waals surface area (Å²) in [5, 5.41) is 22.8. The molecule has 0 aliphatic rings. The molecule has 0 aromatic heterocycles. The summed E-state index contributed by atoms with van der Waals surface area (Å²) in [5.74, 6) is 0.697. The summed E-state index contributed by atoms with van der Waals surface area (Å²) in [6, 6.07) is 5.92. The first-order valence-electron chi connectivity index (χ1n) is 6.68. The van der Waals surface area contributed by atoms with Gasteiger partial charge in [-0.05, 0) is 39.3 Å². The minimum absolute atomic E-state index is 0.158. The molecule has 0 fully saturated rings. The van der Waals surface area contributed by atoms with Crippen LogP contribution in [0.2, 0.25) is 0 Å². The molecule has 19 heavy (non-hydrogen) atoms. The Morgan fingerprint density at radius 3 is 2.53 bits per heavy atom. The van der Waals surface area contributed by atoms with E-state index in [4.69, 9.17) is 4.74 Å². The highest BCUT2D eigenvalue weighted by Crippen LogP contribution is 2.25. The molecule has 108 valence electrons. The third-order valence-electron chi connectivity index (χ3n) is 3.10. The number of hydrogen-bond acceptors (Lipinski definition) is 4. The number of aliphatic hydroxyl groups is 2. The monoisotopic (exact) mass is 267 g/mol. The molecule has 0 spiro atoms. The first-order chi connectivity index (χ1) is 8.93. The van der Waals surface area contributed by atoms with Crippen molar-refractivity contribution < 1.29 is 14.9 Å². The zero-order valence-electron chi connectivity index (χ0n) is 12.2. The van der Waals surface area contributed by atoms with Gasteiger partial charge < -0.3 is 20.3 Å². The van der Waals surface area contributed by atoms with Crippen molar-refractivity contribution in [3.05, 3.63) is 29.3 Å². The lowest BCUT2D eigenvalue weighted by molar-refractivity contribution is 0.147. The van der Waals surface area contributed by atoms with Gasteiger partial charge >= 0.3 is 0 Å². The van der Waals surface area contributed by atoms with Crippen LogP contribution in [0.1, 0.15) is 37.5 Å². The Morgan fingerprint density at radius 1 is 1.26 bits per heavy atom. The molecule has 4 heteroatoms. The van der Waals surface area contributed by atoms with E-state index in [1.807, 2.05) is 32.0 Å². The molecule has 1 aromatic carbocycles. The number of methoxy groups -OCH3 is 1. The smallest absolute Gasteiger partial charge is 0.124 e. The van der Waals surface area contributed by atoms with E-state index in [0.29, 0.717) is 18.7 Å². The summed E-state index contributed by atoms with van der Waals surface area (Å²) in [5.41, 5.74) is 1.88. The van der Waals surface area contributed by atoms with E-state index in [9.17, 15) is 10.2 Å². The van der Waals surface area contributed by atoms with Gasteiger partial charge in [0.25, 0.3) is 0 Å². The molecule has 4 nitrogen and oxygen atoms in total. The normalized spacial score (nSPS) is 15.9. The van der Waals surface area contributed by atoms with Gasteiger partial charge in [0.15, 0.2) is 0 Å². The first kappa shape index (κ1) is 16.0. The molecule has 0 bridgehead atoms. The Bertz CT molecular complexity index is 393. The molecule has 0 saturated carbocycles. The van der Waals surface area contributed by atoms with Crippen LogP contribution in [0, 0.1) is 6.92 Å². The van der Waals surface area contributed by atoms with Crippen molar-refractivity contribution in [2.45, 2.75) is 45.4 Å². The van der Waals surface area contributed by atoms with Crippen LogP contribution in [-0.4, -0.2) is 36.0 Å². The Balaban J connectivity index is 2.62. The molecule has 0 heterocycles. The van der Waals surface area contributed by atoms with Crippen molar-refractivity contribution in [3.63, 3.8) is 0 Å². The molecule has 0 saturated heterocycles. The molecule has 0 amide bonds. The zero-order chi connectivity index (χ0) is 14.4. The predicted molar refractivity (Wildman–Crippen MR) is 76.5 cm³/mol. The van der Waals surface area contributed by atoms with Crippen LogP contribution >= 0.6 is 0 Å². The number of aliphatic hydroxyl groups excluding tert-OH is 2. The van der Waals surface area contributed by atoms with Crippen molar-refractivity contribution in [1.82, 2.24) is 5.32 Å². The van der Waals surface area contributed by atoms with Crippen LogP contribution in [0.3, 0.4) is 0 Å². The fraction of sp³-hybridized carbons (Fsp3) is 0.600. The average Bonchev–Trinajstić information content (AvgIpc) is 2.35. The molecule has 3 N–H and O–H groups in total. The van der Waals surface area contributed by atoms with Crippen LogP contribution in [0.4, 0.5) is 0 Å². The van der Waals surface area contributed by atoms with E-state index in [2.05, 4.69) is 5.32 Å². The second-order valence-electron chi connectivity index (χ2n) is 5.16. The minimum atomic E-state index is -0.619. The van der Waals surface area contributed by atoms with Crippen molar-refractivity contribution >= 4 is 0 Å². The minimum Gasteiger partial charge on any atom is -0.496 e. The Morgan fingerprint density at radius 2 is 1.95 bits per heavy atom. The van der Waals surface area contributed by atoms with Crippen LogP contribution in [0.25, 0.3) is 0 Å². The fourth-order valence-corrected chi connectivity index (χ4v) is 2.13. The van der Waals surface area contributed by atoms with E-state index < -0.39 is 6.10 Å². The maximum Gasteiger partial charge on any atom is 0.124 e. The second-order valence-corrected chi connectivity index (χ2v) is 5.16. The fourth-order valence-electron chi connectivity index (χ4n) is 2.13. The molecule has 1 rings (SSSR count). The van der Waals surface area contributed by atoms with Crippen molar-refractivity contribution in [2.24, 2.45) is 0 Å². The number of nitrogens with one attached hydrogen (secondary N) is 1. The lowest BCUT2D eigenvalue weighted by atomic mass is 10.0. The summed E-state index contributed by atoms with van der Waals surface area (Å²) in [6.45, 7) is 6.18. The third kappa shape index (κ3) is 5.19. The molecule has 3 atom stereocenters. The van der Waals surface area contributed by atoms with Crippen LogP contribution in [-0.2, 0) is 0 Å². The second kappa shape index (κ2) is 7.48. The molecular weight excluding hydrogens is 242 g/mol. The van der Waals surface area contributed by atoms with E-state index in [1.165, 1.54) is 0 Å². The maximum atomic E-state index is 10.2. The topological polar surface area (TPSA) is 61.7 Å². The number of aryl methyl sites for hydroxylation is 1. The molecule has 1 aromatic rings. The summed E-state index contributed by atoms with van der Waals surface area (Å²) < 4.78 is 5.27. The Kier molecular flexibility index (Phi) is 6.28. The Labute approximate surface area is 115 Å². The largest absolute Gasteiger partial charge is 0.496 e. The third-order valence-corrected chi connectivity index (χ3v) is 3.10. The van der Waals surface area contributed by atoms with Crippen LogP contribution < -0.4 is 10.1 Å². The quantitative estimate of drug-likeness (QED) is 0.705. The summed E-state index contributed by atoms with van der Waals surface area (Å²) in [4.78, 5) is 0. The van der Waals surface area contributed by atoms with Gasteiger partial charge in [-0.25, -0.2) is 0 Å². The predicted octanol–water partition coefficient (Wildman–Crippen LogP) is 1.79. The summed E-state index contributed by atoms with van der Waals surface area (Å²) in [6.07, 6.45) is -0.294. The van der Waals surface area contributed by atoms with E-state index >= 15 is 0 Å². The van der Waals surface area contributed by atoms with Gasteiger partial charge in [-0.15, -0.1) is 0 Å². The van der Waals surface area contributed by atoms with Crippen LogP contribution in [0.15, 0.2) is 18.2 Å². The van der Waals surface area contributed by atoms with Gasteiger partial charge in [0.05, 0.1) is 19.3 Å². The van der Waals surface area contributed by atoms with Crippen molar-refractivity contribution in [3.8, 4) is 5.75 Å². The van der Waals surface area contributed by atoms with Crippen molar-refractivity contribution in [1.29, 1.82) is 0 Å². The number of rotatable bonds is 7. The van der Waals surface area contributed by atoms with E-state index in [0.717, 1.165) is 11.1 Å². The Hall–Kier alpha value is -1.10. The zero-order valence-corrected chi connectivity index (χ0v) is 12.2. The molecular formula is C15H25NO3. The highest BCUT2D eigenvalue weighted by Gasteiger charge is 2.15. The van der Waals surface area contributed by atoms with Gasteiger partial charge in [0, 0.05) is 18.2 Å². The summed E-state index contributed by atoms with van der Waals surface area (Å²) >= 11 is 0. The van der Waals surface area contributed by atoms with Crippen LogP contribution in [0.5, 0.6) is 5.75 Å². The molecule has 0 radical (unpaired) electrons. The lowest BCUT2D eigenvalue weighted by Gasteiger charge is -2.20.